The molecule has 0 aliphatic carbocycles. The first-order chi connectivity index (χ1) is 10.1. The largest absolute Gasteiger partial charge is 0.317 e. The lowest BCUT2D eigenvalue weighted by atomic mass is 10.1. The highest BCUT2D eigenvalue weighted by Crippen LogP contribution is 2.15. The van der Waals surface area contributed by atoms with E-state index in [1.165, 1.54) is 6.07 Å². The number of benzene rings is 1. The second-order valence-electron chi connectivity index (χ2n) is 5.23. The summed E-state index contributed by atoms with van der Waals surface area (Å²) in [7, 11) is 0. The highest BCUT2D eigenvalue weighted by molar-refractivity contribution is 5.74. The zero-order chi connectivity index (χ0) is 14.8. The standard InChI is InChI=1S/C15H16F2N3O/c16-10-4-5-11-14(13(10)17)19-15(21)12(18-11)6-9-20-7-2-1-3-8-20/h1,4-5H,2-3,6-9H2,(H,19,21). The van der Waals surface area contributed by atoms with Crippen molar-refractivity contribution < 1.29 is 8.78 Å². The molecule has 0 spiro atoms. The Morgan fingerprint density at radius 3 is 2.76 bits per heavy atom. The SMILES string of the molecule is O=c1[nH]c2c(F)c(F)ccc2nc1CCN1CC[CH]CC1. The van der Waals surface area contributed by atoms with E-state index in [-0.39, 0.29) is 11.0 Å². The van der Waals surface area contributed by atoms with E-state index in [0.29, 0.717) is 12.1 Å². The van der Waals surface area contributed by atoms with Gasteiger partial charge in [-0.25, -0.2) is 13.8 Å². The quantitative estimate of drug-likeness (QED) is 0.942. The predicted octanol–water partition coefficient (Wildman–Crippen LogP) is 2.04. The van der Waals surface area contributed by atoms with E-state index in [9.17, 15) is 13.6 Å². The first-order valence-corrected chi connectivity index (χ1v) is 7.06. The van der Waals surface area contributed by atoms with Crippen molar-refractivity contribution in [1.82, 2.24) is 14.9 Å². The van der Waals surface area contributed by atoms with Crippen LogP contribution >= 0.6 is 0 Å². The molecule has 2 heterocycles. The van der Waals surface area contributed by atoms with Gasteiger partial charge < -0.3 is 9.88 Å². The number of rotatable bonds is 3. The topological polar surface area (TPSA) is 49.0 Å². The van der Waals surface area contributed by atoms with Crippen LogP contribution in [0.4, 0.5) is 8.78 Å². The van der Waals surface area contributed by atoms with Crippen LogP contribution in [0, 0.1) is 18.1 Å². The number of halogens is 2. The molecular formula is C15H16F2N3O. The Morgan fingerprint density at radius 2 is 2.00 bits per heavy atom. The van der Waals surface area contributed by atoms with E-state index < -0.39 is 17.2 Å². The lowest BCUT2D eigenvalue weighted by Gasteiger charge is -2.25. The van der Waals surface area contributed by atoms with E-state index in [1.54, 1.807) is 0 Å². The third kappa shape index (κ3) is 2.95. The van der Waals surface area contributed by atoms with Crippen molar-refractivity contribution >= 4 is 11.0 Å². The predicted molar refractivity (Wildman–Crippen MR) is 76.0 cm³/mol. The van der Waals surface area contributed by atoms with Crippen molar-refractivity contribution in [3.63, 3.8) is 0 Å². The average molecular weight is 292 g/mol. The summed E-state index contributed by atoms with van der Waals surface area (Å²) in [6.07, 6.45) is 4.89. The zero-order valence-corrected chi connectivity index (χ0v) is 11.5. The zero-order valence-electron chi connectivity index (χ0n) is 11.5. The number of likely N-dealkylation sites (tertiary alicyclic amines) is 1. The van der Waals surface area contributed by atoms with Crippen LogP contribution in [0.3, 0.4) is 0 Å². The second-order valence-corrected chi connectivity index (χ2v) is 5.23. The maximum absolute atomic E-state index is 13.6. The van der Waals surface area contributed by atoms with Crippen LogP contribution < -0.4 is 5.56 Å². The molecule has 1 radical (unpaired) electrons. The van der Waals surface area contributed by atoms with Crippen LogP contribution in [0.15, 0.2) is 16.9 Å². The molecule has 3 rings (SSSR count). The fraction of sp³-hybridized carbons (Fsp3) is 0.400. The van der Waals surface area contributed by atoms with E-state index in [1.807, 2.05) is 0 Å². The monoisotopic (exact) mass is 292 g/mol. The van der Waals surface area contributed by atoms with E-state index in [4.69, 9.17) is 0 Å². The van der Waals surface area contributed by atoms with Gasteiger partial charge >= 0.3 is 0 Å². The molecule has 0 amide bonds. The van der Waals surface area contributed by atoms with Crippen LogP contribution in [0.5, 0.6) is 0 Å². The molecule has 1 saturated heterocycles. The van der Waals surface area contributed by atoms with E-state index in [0.717, 1.165) is 38.5 Å². The highest BCUT2D eigenvalue weighted by atomic mass is 19.2. The van der Waals surface area contributed by atoms with Crippen molar-refractivity contribution in [1.29, 1.82) is 0 Å². The lowest BCUT2D eigenvalue weighted by Crippen LogP contribution is -2.33. The summed E-state index contributed by atoms with van der Waals surface area (Å²) in [4.78, 5) is 20.8. The van der Waals surface area contributed by atoms with Gasteiger partial charge in [0.25, 0.3) is 5.56 Å². The molecule has 4 nitrogen and oxygen atoms in total. The number of nitrogens with zero attached hydrogens (tertiary/aromatic N) is 2. The minimum atomic E-state index is -1.06. The van der Waals surface area contributed by atoms with Crippen molar-refractivity contribution in [2.45, 2.75) is 19.3 Å². The molecule has 1 aromatic heterocycles. The third-order valence-corrected chi connectivity index (χ3v) is 3.79. The van der Waals surface area contributed by atoms with Gasteiger partial charge in [-0.1, -0.05) is 0 Å². The normalized spacial score (nSPS) is 16.5. The van der Waals surface area contributed by atoms with E-state index in [2.05, 4.69) is 21.3 Å². The fourth-order valence-electron chi connectivity index (χ4n) is 2.60. The average Bonchev–Trinajstić information content (AvgIpc) is 2.51. The summed E-state index contributed by atoms with van der Waals surface area (Å²) >= 11 is 0. The molecule has 1 aliphatic heterocycles. The number of aromatic nitrogens is 2. The number of hydrogen-bond acceptors (Lipinski definition) is 3. The van der Waals surface area contributed by atoms with Crippen molar-refractivity contribution in [2.24, 2.45) is 0 Å². The van der Waals surface area contributed by atoms with Gasteiger partial charge in [0, 0.05) is 13.0 Å². The number of H-pyrrole nitrogens is 1. The smallest absolute Gasteiger partial charge is 0.270 e. The molecule has 1 fully saturated rings. The minimum Gasteiger partial charge on any atom is -0.317 e. The van der Waals surface area contributed by atoms with Crippen LogP contribution in [0.1, 0.15) is 18.5 Å². The number of fused-ring (bicyclic) bond motifs is 1. The minimum absolute atomic E-state index is 0.170. The molecule has 0 bridgehead atoms. The maximum Gasteiger partial charge on any atom is 0.270 e. The Balaban J connectivity index is 1.84. The summed E-state index contributed by atoms with van der Waals surface area (Å²) < 4.78 is 26.7. The molecule has 2 aromatic rings. The van der Waals surface area contributed by atoms with Crippen molar-refractivity contribution in [3.05, 3.63) is 46.2 Å². The maximum atomic E-state index is 13.6. The van der Waals surface area contributed by atoms with Gasteiger partial charge in [-0.05, 0) is 44.5 Å². The Hall–Kier alpha value is -1.82. The molecule has 0 saturated carbocycles. The lowest BCUT2D eigenvalue weighted by molar-refractivity contribution is 0.256. The van der Waals surface area contributed by atoms with Gasteiger partial charge in [-0.3, -0.25) is 4.79 Å². The Kier molecular flexibility index (Phi) is 3.96. The van der Waals surface area contributed by atoms with Crippen molar-refractivity contribution in [3.8, 4) is 0 Å². The van der Waals surface area contributed by atoms with Gasteiger partial charge in [0.05, 0.1) is 5.52 Å². The van der Waals surface area contributed by atoms with Crippen LogP contribution in [0.2, 0.25) is 0 Å². The first-order valence-electron chi connectivity index (χ1n) is 7.06. The highest BCUT2D eigenvalue weighted by Gasteiger charge is 2.14. The van der Waals surface area contributed by atoms with Gasteiger partial charge in [0.1, 0.15) is 11.2 Å². The van der Waals surface area contributed by atoms with Gasteiger partial charge in [0.2, 0.25) is 0 Å². The number of hydrogen-bond donors (Lipinski definition) is 1. The Morgan fingerprint density at radius 1 is 1.24 bits per heavy atom. The number of piperidine rings is 1. The molecule has 0 atom stereocenters. The van der Waals surface area contributed by atoms with Gasteiger partial charge in [0.15, 0.2) is 11.6 Å². The third-order valence-electron chi connectivity index (χ3n) is 3.79. The molecule has 21 heavy (non-hydrogen) atoms. The fourth-order valence-corrected chi connectivity index (χ4v) is 2.60. The number of nitrogens with one attached hydrogen (secondary N) is 1. The van der Waals surface area contributed by atoms with E-state index >= 15 is 0 Å². The summed E-state index contributed by atoms with van der Waals surface area (Å²) in [5.74, 6) is -2.05. The molecule has 1 aromatic carbocycles. The van der Waals surface area contributed by atoms with Crippen molar-refractivity contribution in [2.75, 3.05) is 19.6 Å². The Labute approximate surface area is 120 Å². The summed E-state index contributed by atoms with van der Waals surface area (Å²) in [5, 5.41) is 0. The summed E-state index contributed by atoms with van der Waals surface area (Å²) in [6, 6.07) is 2.40. The summed E-state index contributed by atoms with van der Waals surface area (Å²) in [6.45, 7) is 2.73. The van der Waals surface area contributed by atoms with Crippen LogP contribution in [0.25, 0.3) is 11.0 Å². The van der Waals surface area contributed by atoms with Crippen LogP contribution in [-0.4, -0.2) is 34.5 Å². The van der Waals surface area contributed by atoms with Gasteiger partial charge in [-0.15, -0.1) is 0 Å². The first kappa shape index (κ1) is 14.1. The second kappa shape index (κ2) is 5.89. The molecule has 0 unspecified atom stereocenters. The molecule has 1 aliphatic rings. The van der Waals surface area contributed by atoms with Gasteiger partial charge in [-0.2, -0.15) is 0 Å². The summed E-state index contributed by atoms with van der Waals surface area (Å²) in [5.41, 5.74) is 0.0189. The van der Waals surface area contributed by atoms with Crippen LogP contribution in [-0.2, 0) is 6.42 Å². The molecule has 1 N–H and O–H groups in total. The molecule has 6 heteroatoms. The Bertz CT molecular complexity index is 708. The molecular weight excluding hydrogens is 276 g/mol. The molecule has 111 valence electrons. The number of aromatic amines is 1.